The minimum absolute atomic E-state index is 0.164. The van der Waals surface area contributed by atoms with Crippen LogP contribution in [0, 0.1) is 0 Å². The summed E-state index contributed by atoms with van der Waals surface area (Å²) in [6.45, 7) is 4.14. The molecule has 6 nitrogen and oxygen atoms in total. The van der Waals surface area contributed by atoms with E-state index in [2.05, 4.69) is 28.6 Å². The van der Waals surface area contributed by atoms with Crippen molar-refractivity contribution in [3.05, 3.63) is 70.1 Å². The highest BCUT2D eigenvalue weighted by Crippen LogP contribution is 2.31. The van der Waals surface area contributed by atoms with E-state index in [-0.39, 0.29) is 6.04 Å². The normalized spacial score (nSPS) is 16.2. The van der Waals surface area contributed by atoms with Crippen LogP contribution in [-0.4, -0.2) is 24.1 Å². The van der Waals surface area contributed by atoms with Gasteiger partial charge >= 0.3 is 0 Å². The molecule has 7 heteroatoms. The summed E-state index contributed by atoms with van der Waals surface area (Å²) in [7, 11) is 0. The number of aliphatic imine (C=N–C) groups is 1. The highest BCUT2D eigenvalue weighted by atomic mass is 32.1. The molecule has 3 aromatic rings. The number of rotatable bonds is 7. The van der Waals surface area contributed by atoms with E-state index in [0.717, 1.165) is 48.3 Å². The van der Waals surface area contributed by atoms with E-state index in [0.29, 0.717) is 13.2 Å². The van der Waals surface area contributed by atoms with Crippen LogP contribution in [0.5, 0.6) is 5.75 Å². The van der Waals surface area contributed by atoms with E-state index in [9.17, 15) is 0 Å². The van der Waals surface area contributed by atoms with Gasteiger partial charge in [-0.3, -0.25) is 0 Å². The number of thiazole rings is 1. The minimum Gasteiger partial charge on any atom is -0.493 e. The Kier molecular flexibility index (Phi) is 6.46. The fourth-order valence-electron chi connectivity index (χ4n) is 3.30. The molecular weight excluding hydrogens is 384 g/mol. The van der Waals surface area contributed by atoms with Gasteiger partial charge in [-0.1, -0.05) is 25.1 Å². The van der Waals surface area contributed by atoms with Crippen molar-refractivity contribution < 1.29 is 9.15 Å². The van der Waals surface area contributed by atoms with Crippen molar-refractivity contribution >= 4 is 17.3 Å². The molecule has 0 fully saturated rings. The molecule has 152 valence electrons. The molecule has 1 aliphatic rings. The highest BCUT2D eigenvalue weighted by molar-refractivity contribution is 7.11. The summed E-state index contributed by atoms with van der Waals surface area (Å²) >= 11 is 1.72. The molecular formula is C22H26N4O2S. The smallest absolute Gasteiger partial charge is 0.192 e. The maximum atomic E-state index is 5.79. The van der Waals surface area contributed by atoms with Crippen molar-refractivity contribution in [2.45, 2.75) is 38.8 Å². The zero-order valence-corrected chi connectivity index (χ0v) is 17.4. The fraction of sp³-hybridized carbons (Fsp3) is 0.364. The van der Waals surface area contributed by atoms with Crippen molar-refractivity contribution in [1.29, 1.82) is 0 Å². The van der Waals surface area contributed by atoms with Gasteiger partial charge in [0.1, 0.15) is 16.5 Å². The first-order valence-corrected chi connectivity index (χ1v) is 10.9. The molecule has 0 amide bonds. The zero-order valence-electron chi connectivity index (χ0n) is 16.6. The first kappa shape index (κ1) is 19.5. The van der Waals surface area contributed by atoms with E-state index >= 15 is 0 Å². The standard InChI is InChI=1S/C22H26N4O2S/c1-2-17-14-24-21(29-17)15-25-22(23-11-9-16-6-5-12-27-16)26-19-10-13-28-20-8-4-3-7-18(19)20/h3-8,12,14,19H,2,9-11,13,15H2,1H3,(H2,23,25,26). The lowest BCUT2D eigenvalue weighted by Gasteiger charge is -2.28. The van der Waals surface area contributed by atoms with Gasteiger partial charge in [0, 0.05) is 36.0 Å². The van der Waals surface area contributed by atoms with Crippen LogP contribution in [0.25, 0.3) is 0 Å². The summed E-state index contributed by atoms with van der Waals surface area (Å²) in [5.41, 5.74) is 1.17. The fourth-order valence-corrected chi connectivity index (χ4v) is 4.09. The Balaban J connectivity index is 1.45. The maximum Gasteiger partial charge on any atom is 0.192 e. The number of hydrogen-bond acceptors (Lipinski definition) is 5. The van der Waals surface area contributed by atoms with Gasteiger partial charge in [-0.25, -0.2) is 9.98 Å². The topological polar surface area (TPSA) is 71.7 Å². The van der Waals surface area contributed by atoms with Gasteiger partial charge < -0.3 is 19.8 Å². The van der Waals surface area contributed by atoms with Crippen LogP contribution in [0.1, 0.15) is 40.6 Å². The zero-order chi connectivity index (χ0) is 19.9. The SMILES string of the molecule is CCc1cnc(CN=C(NCCc2ccco2)NC2CCOc3ccccc32)s1. The Morgan fingerprint density at radius 2 is 2.21 bits per heavy atom. The van der Waals surface area contributed by atoms with E-state index in [1.54, 1.807) is 17.6 Å². The predicted molar refractivity (Wildman–Crippen MR) is 115 cm³/mol. The van der Waals surface area contributed by atoms with Crippen molar-refractivity contribution in [2.24, 2.45) is 4.99 Å². The van der Waals surface area contributed by atoms with Crippen molar-refractivity contribution in [3.63, 3.8) is 0 Å². The largest absolute Gasteiger partial charge is 0.493 e. The van der Waals surface area contributed by atoms with Crippen LogP contribution < -0.4 is 15.4 Å². The minimum atomic E-state index is 0.164. The second kappa shape index (κ2) is 9.60. The number of guanidine groups is 1. The number of nitrogens with one attached hydrogen (secondary N) is 2. The third-order valence-electron chi connectivity index (χ3n) is 4.84. The Morgan fingerprint density at radius 3 is 3.03 bits per heavy atom. The monoisotopic (exact) mass is 410 g/mol. The Morgan fingerprint density at radius 1 is 1.28 bits per heavy atom. The van der Waals surface area contributed by atoms with Crippen LogP contribution in [0.3, 0.4) is 0 Å². The van der Waals surface area contributed by atoms with E-state index in [1.807, 2.05) is 36.5 Å². The molecule has 1 atom stereocenters. The lowest BCUT2D eigenvalue weighted by Crippen LogP contribution is -2.41. The molecule has 0 spiro atoms. The molecule has 1 unspecified atom stereocenters. The van der Waals surface area contributed by atoms with E-state index < -0.39 is 0 Å². The molecule has 0 saturated carbocycles. The molecule has 2 N–H and O–H groups in total. The number of nitrogens with zero attached hydrogens (tertiary/aromatic N) is 2. The number of fused-ring (bicyclic) bond motifs is 1. The summed E-state index contributed by atoms with van der Waals surface area (Å²) in [6, 6.07) is 12.2. The van der Waals surface area contributed by atoms with Crippen LogP contribution >= 0.6 is 11.3 Å². The molecule has 2 aromatic heterocycles. The number of benzene rings is 1. The lowest BCUT2D eigenvalue weighted by atomic mass is 10.0. The van der Waals surface area contributed by atoms with Crippen LogP contribution in [0.15, 0.2) is 58.3 Å². The first-order valence-electron chi connectivity index (χ1n) is 10.0. The molecule has 0 saturated heterocycles. The average molecular weight is 411 g/mol. The van der Waals surface area contributed by atoms with E-state index in [4.69, 9.17) is 14.1 Å². The molecule has 4 rings (SSSR count). The van der Waals surface area contributed by atoms with E-state index in [1.165, 1.54) is 10.4 Å². The molecule has 0 bridgehead atoms. The Bertz CT molecular complexity index is 936. The van der Waals surface area contributed by atoms with Crippen molar-refractivity contribution in [3.8, 4) is 5.75 Å². The molecule has 0 aliphatic carbocycles. The summed E-state index contributed by atoms with van der Waals surface area (Å²) < 4.78 is 11.2. The predicted octanol–water partition coefficient (Wildman–Crippen LogP) is 4.10. The lowest BCUT2D eigenvalue weighted by molar-refractivity contribution is 0.261. The number of ether oxygens (including phenoxy) is 1. The van der Waals surface area contributed by atoms with Crippen molar-refractivity contribution in [2.75, 3.05) is 13.2 Å². The summed E-state index contributed by atoms with van der Waals surface area (Å²) in [4.78, 5) is 10.6. The molecule has 0 radical (unpaired) electrons. The van der Waals surface area contributed by atoms with Gasteiger partial charge in [0.05, 0.1) is 25.5 Å². The van der Waals surface area contributed by atoms with Gasteiger partial charge in [0.2, 0.25) is 0 Å². The molecule has 1 aromatic carbocycles. The van der Waals surface area contributed by atoms with Crippen LogP contribution in [-0.2, 0) is 19.4 Å². The third-order valence-corrected chi connectivity index (χ3v) is 5.96. The molecule has 3 heterocycles. The second-order valence-electron chi connectivity index (χ2n) is 6.87. The van der Waals surface area contributed by atoms with Gasteiger partial charge in [-0.05, 0) is 24.6 Å². The number of hydrogen-bond donors (Lipinski definition) is 2. The molecule has 1 aliphatic heterocycles. The van der Waals surface area contributed by atoms with Gasteiger partial charge in [-0.2, -0.15) is 0 Å². The van der Waals surface area contributed by atoms with Gasteiger partial charge in [0.25, 0.3) is 0 Å². The Labute approximate surface area is 175 Å². The summed E-state index contributed by atoms with van der Waals surface area (Å²) in [6.07, 6.45) is 6.35. The van der Waals surface area contributed by atoms with Crippen molar-refractivity contribution in [1.82, 2.24) is 15.6 Å². The Hall–Kier alpha value is -2.80. The number of aromatic nitrogens is 1. The second-order valence-corrected chi connectivity index (χ2v) is 8.07. The van der Waals surface area contributed by atoms with Crippen LogP contribution in [0.4, 0.5) is 0 Å². The van der Waals surface area contributed by atoms with Gasteiger partial charge in [0.15, 0.2) is 5.96 Å². The third kappa shape index (κ3) is 5.17. The molecule has 29 heavy (non-hydrogen) atoms. The summed E-state index contributed by atoms with van der Waals surface area (Å²) in [5.74, 6) is 2.69. The average Bonchev–Trinajstić information content (AvgIpc) is 3.44. The maximum absolute atomic E-state index is 5.79. The van der Waals surface area contributed by atoms with Crippen LogP contribution in [0.2, 0.25) is 0 Å². The first-order chi connectivity index (χ1) is 14.3. The summed E-state index contributed by atoms with van der Waals surface area (Å²) in [5, 5.41) is 8.06. The number of furan rings is 1. The number of aryl methyl sites for hydroxylation is 1. The highest BCUT2D eigenvalue weighted by Gasteiger charge is 2.22. The van der Waals surface area contributed by atoms with Gasteiger partial charge in [-0.15, -0.1) is 11.3 Å². The number of para-hydroxylation sites is 1. The quantitative estimate of drug-likeness (QED) is 0.453.